The monoisotopic (exact) mass is 433 g/mol. The summed E-state index contributed by atoms with van der Waals surface area (Å²) in [5, 5.41) is 3.61. The highest BCUT2D eigenvalue weighted by atomic mass is 16.5. The molecule has 0 aliphatic heterocycles. The summed E-state index contributed by atoms with van der Waals surface area (Å²) in [7, 11) is 3.20. The molecule has 1 aliphatic carbocycles. The lowest BCUT2D eigenvalue weighted by atomic mass is 9.81. The first kappa shape index (κ1) is 21.6. The van der Waals surface area contributed by atoms with Crippen LogP contribution in [0.1, 0.15) is 30.1 Å². The van der Waals surface area contributed by atoms with Gasteiger partial charge in [-0.2, -0.15) is 0 Å². The van der Waals surface area contributed by atoms with Crippen molar-refractivity contribution in [2.75, 3.05) is 20.8 Å². The average molecular weight is 434 g/mol. The molecule has 0 fully saturated rings. The first-order valence-electron chi connectivity index (χ1n) is 10.7. The molecule has 0 unspecified atom stereocenters. The van der Waals surface area contributed by atoms with E-state index < -0.39 is 0 Å². The Labute approximate surface area is 186 Å². The van der Waals surface area contributed by atoms with Crippen molar-refractivity contribution in [2.45, 2.75) is 25.2 Å². The molecule has 2 atom stereocenters. The molecule has 1 amide bonds. The molecule has 2 N–H and O–H groups in total. The molecule has 1 aliphatic rings. The van der Waals surface area contributed by atoms with Crippen LogP contribution < -0.4 is 20.3 Å². The fraction of sp³-hybridized carbons (Fsp3) is 0.320. The normalized spacial score (nSPS) is 17.8. The maximum atomic E-state index is 13.0. The lowest BCUT2D eigenvalue weighted by molar-refractivity contribution is -0.125. The summed E-state index contributed by atoms with van der Waals surface area (Å²) in [6, 6.07) is 13.0. The van der Waals surface area contributed by atoms with Crippen LogP contribution in [0.4, 0.5) is 0 Å². The third-order valence-corrected chi connectivity index (χ3v) is 5.91. The molecule has 0 spiro atoms. The molecule has 1 heterocycles. The molecule has 32 heavy (non-hydrogen) atoms. The molecule has 166 valence electrons. The topological polar surface area (TPSA) is 93.3 Å². The smallest absolute Gasteiger partial charge is 0.258 e. The minimum atomic E-state index is -0.283. The van der Waals surface area contributed by atoms with Gasteiger partial charge in [-0.3, -0.25) is 9.59 Å². The maximum absolute atomic E-state index is 13.0. The Kier molecular flexibility index (Phi) is 6.54. The van der Waals surface area contributed by atoms with E-state index in [0.717, 1.165) is 5.56 Å². The first-order chi connectivity index (χ1) is 15.6. The molecule has 0 bridgehead atoms. The Morgan fingerprint density at radius 2 is 1.88 bits per heavy atom. The van der Waals surface area contributed by atoms with Gasteiger partial charge in [0.05, 0.1) is 31.0 Å². The standard InChI is InChI=1S/C25H27N3O4/c1-31-21-12-11-16(15-22(21)32-2)13-14-26-24(29)18-8-4-3-7-17(18)23-27-20-10-6-5-9-19(20)25(30)28-23/h3-6,9-12,15,17-18H,7-8,13-14H2,1-2H3,(H,26,29)(H,27,28,30)/t17-,18-/m1/s1. The zero-order chi connectivity index (χ0) is 22.5. The van der Waals surface area contributed by atoms with Crippen molar-refractivity contribution in [3.8, 4) is 11.5 Å². The summed E-state index contributed by atoms with van der Waals surface area (Å²) >= 11 is 0. The van der Waals surface area contributed by atoms with Crippen molar-refractivity contribution in [2.24, 2.45) is 5.92 Å². The van der Waals surface area contributed by atoms with Gasteiger partial charge >= 0.3 is 0 Å². The first-order valence-corrected chi connectivity index (χ1v) is 10.7. The van der Waals surface area contributed by atoms with E-state index in [1.165, 1.54) is 0 Å². The zero-order valence-electron chi connectivity index (χ0n) is 18.3. The van der Waals surface area contributed by atoms with E-state index in [1.807, 2.05) is 48.6 Å². The number of para-hydroxylation sites is 1. The highest BCUT2D eigenvalue weighted by molar-refractivity contribution is 5.80. The van der Waals surface area contributed by atoms with Gasteiger partial charge in [0.2, 0.25) is 5.91 Å². The van der Waals surface area contributed by atoms with Crippen molar-refractivity contribution < 1.29 is 14.3 Å². The third kappa shape index (κ3) is 4.51. The summed E-state index contributed by atoms with van der Waals surface area (Å²) in [5.41, 5.74) is 1.52. The molecule has 0 saturated carbocycles. The number of hydrogen-bond acceptors (Lipinski definition) is 5. The molecule has 2 aromatic carbocycles. The highest BCUT2D eigenvalue weighted by Crippen LogP contribution is 2.33. The number of benzene rings is 2. The number of rotatable bonds is 7. The van der Waals surface area contributed by atoms with Gasteiger partial charge in [-0.25, -0.2) is 4.98 Å². The van der Waals surface area contributed by atoms with Gasteiger partial charge in [-0.05, 0) is 49.1 Å². The number of amides is 1. The van der Waals surface area contributed by atoms with E-state index in [2.05, 4.69) is 15.3 Å². The number of fused-ring (bicyclic) bond motifs is 1. The number of aromatic nitrogens is 2. The van der Waals surface area contributed by atoms with Crippen LogP contribution in [0.2, 0.25) is 0 Å². The number of carbonyl (C=O) groups excluding carboxylic acids is 1. The van der Waals surface area contributed by atoms with Crippen LogP contribution in [0.5, 0.6) is 11.5 Å². The molecular formula is C25H27N3O4. The third-order valence-electron chi connectivity index (χ3n) is 5.91. The van der Waals surface area contributed by atoms with Crippen LogP contribution >= 0.6 is 0 Å². The second kappa shape index (κ2) is 9.68. The van der Waals surface area contributed by atoms with Gasteiger partial charge in [0.15, 0.2) is 11.5 Å². The summed E-state index contributed by atoms with van der Waals surface area (Å²) < 4.78 is 10.6. The second-order valence-corrected chi connectivity index (χ2v) is 7.85. The molecule has 3 aromatic rings. The van der Waals surface area contributed by atoms with Crippen LogP contribution in [0.25, 0.3) is 10.9 Å². The van der Waals surface area contributed by atoms with Crippen molar-refractivity contribution in [3.63, 3.8) is 0 Å². The fourth-order valence-electron chi connectivity index (χ4n) is 4.18. The van der Waals surface area contributed by atoms with Crippen molar-refractivity contribution in [3.05, 3.63) is 76.4 Å². The molecule has 7 nitrogen and oxygen atoms in total. The van der Waals surface area contributed by atoms with Gasteiger partial charge in [-0.1, -0.05) is 30.4 Å². The van der Waals surface area contributed by atoms with Crippen LogP contribution in [0.3, 0.4) is 0 Å². The van der Waals surface area contributed by atoms with E-state index in [9.17, 15) is 9.59 Å². The number of H-pyrrole nitrogens is 1. The summed E-state index contributed by atoms with van der Waals surface area (Å²) in [5.74, 6) is 1.43. The van der Waals surface area contributed by atoms with Crippen LogP contribution in [-0.4, -0.2) is 36.6 Å². The van der Waals surface area contributed by atoms with Crippen molar-refractivity contribution >= 4 is 16.8 Å². The average Bonchev–Trinajstić information content (AvgIpc) is 2.83. The van der Waals surface area contributed by atoms with E-state index in [0.29, 0.717) is 54.0 Å². The van der Waals surface area contributed by atoms with Gasteiger partial charge in [0.1, 0.15) is 5.82 Å². The van der Waals surface area contributed by atoms with E-state index in [4.69, 9.17) is 9.47 Å². The van der Waals surface area contributed by atoms with E-state index in [1.54, 1.807) is 20.3 Å². The number of allylic oxidation sites excluding steroid dienone is 2. The largest absolute Gasteiger partial charge is 0.493 e. The van der Waals surface area contributed by atoms with Gasteiger partial charge in [-0.15, -0.1) is 0 Å². The SMILES string of the molecule is COc1ccc(CCNC(=O)[C@@H]2CC=CC[C@H]2c2nc3ccccc3c(=O)[nH]2)cc1OC. The Hall–Kier alpha value is -3.61. The van der Waals surface area contributed by atoms with Crippen LogP contribution in [-0.2, 0) is 11.2 Å². The molecule has 4 rings (SSSR count). The number of carbonyl (C=O) groups is 1. The summed E-state index contributed by atoms with van der Waals surface area (Å²) in [6.07, 6.45) is 6.02. The van der Waals surface area contributed by atoms with Gasteiger partial charge in [0.25, 0.3) is 5.56 Å². The molecule has 7 heteroatoms. The van der Waals surface area contributed by atoms with Crippen molar-refractivity contribution in [1.82, 2.24) is 15.3 Å². The highest BCUT2D eigenvalue weighted by Gasteiger charge is 2.31. The number of hydrogen-bond donors (Lipinski definition) is 2. The minimum Gasteiger partial charge on any atom is -0.493 e. The summed E-state index contributed by atoms with van der Waals surface area (Å²) in [6.45, 7) is 0.503. The van der Waals surface area contributed by atoms with Gasteiger partial charge < -0.3 is 19.8 Å². The number of nitrogens with one attached hydrogen (secondary N) is 2. The lowest BCUT2D eigenvalue weighted by Crippen LogP contribution is -2.37. The molecule has 0 radical (unpaired) electrons. The Morgan fingerprint density at radius 1 is 1.09 bits per heavy atom. The number of ether oxygens (including phenoxy) is 2. The predicted molar refractivity (Wildman–Crippen MR) is 123 cm³/mol. The molecule has 0 saturated heterocycles. The zero-order valence-corrected chi connectivity index (χ0v) is 18.3. The van der Waals surface area contributed by atoms with E-state index in [-0.39, 0.29) is 23.3 Å². The quantitative estimate of drug-likeness (QED) is 0.558. The molecule has 1 aromatic heterocycles. The van der Waals surface area contributed by atoms with Crippen LogP contribution in [0.15, 0.2) is 59.4 Å². The molecular weight excluding hydrogens is 406 g/mol. The van der Waals surface area contributed by atoms with Crippen LogP contribution in [0, 0.1) is 5.92 Å². The van der Waals surface area contributed by atoms with Crippen molar-refractivity contribution in [1.29, 1.82) is 0 Å². The number of methoxy groups -OCH3 is 2. The number of nitrogens with zero attached hydrogens (tertiary/aromatic N) is 1. The minimum absolute atomic E-state index is 0.0318. The summed E-state index contributed by atoms with van der Waals surface area (Å²) in [4.78, 5) is 33.1. The fourth-order valence-corrected chi connectivity index (χ4v) is 4.18. The second-order valence-electron chi connectivity index (χ2n) is 7.85. The Bertz CT molecular complexity index is 1200. The Morgan fingerprint density at radius 3 is 2.69 bits per heavy atom. The Balaban J connectivity index is 1.46. The van der Waals surface area contributed by atoms with E-state index >= 15 is 0 Å². The predicted octanol–water partition coefficient (Wildman–Crippen LogP) is 3.35. The maximum Gasteiger partial charge on any atom is 0.258 e. The van der Waals surface area contributed by atoms with Gasteiger partial charge in [0, 0.05) is 12.5 Å². The number of aromatic amines is 1. The lowest BCUT2D eigenvalue weighted by Gasteiger charge is -2.27.